The highest BCUT2D eigenvalue weighted by Crippen LogP contribution is 2.34. The van der Waals surface area contributed by atoms with Crippen molar-refractivity contribution in [3.05, 3.63) is 16.3 Å². The van der Waals surface area contributed by atoms with E-state index in [9.17, 15) is 4.79 Å². The number of carbonyl (C=O) groups is 1. The summed E-state index contributed by atoms with van der Waals surface area (Å²) in [5, 5.41) is 4.61. The Morgan fingerprint density at radius 2 is 2.00 bits per heavy atom. The lowest BCUT2D eigenvalue weighted by atomic mass is 9.95. The van der Waals surface area contributed by atoms with E-state index >= 15 is 0 Å². The molecule has 5 nitrogen and oxygen atoms in total. The molecule has 0 aromatic carbocycles. The van der Waals surface area contributed by atoms with Gasteiger partial charge in [-0.3, -0.25) is 0 Å². The fraction of sp³-hybridized carbons (Fsp3) is 0.588. The average molecular weight is 333 g/mol. The summed E-state index contributed by atoms with van der Waals surface area (Å²) in [6, 6.07) is 0.427. The Morgan fingerprint density at radius 1 is 1.26 bits per heavy atom. The second-order valence-electron chi connectivity index (χ2n) is 6.06. The van der Waals surface area contributed by atoms with Crippen LogP contribution in [0.4, 0.5) is 5.82 Å². The van der Waals surface area contributed by atoms with Crippen molar-refractivity contribution in [3.8, 4) is 0 Å². The maximum atomic E-state index is 12.1. The summed E-state index contributed by atoms with van der Waals surface area (Å²) in [6.07, 6.45) is 6.11. The number of aryl methyl sites for hydroxylation is 2. The van der Waals surface area contributed by atoms with Gasteiger partial charge in [0.2, 0.25) is 5.82 Å². The SMILES string of the molecule is CCOC(=O)c1nc(NC2CCCCC2)c2c(C)c(C)sc2n1. The summed E-state index contributed by atoms with van der Waals surface area (Å²) in [4.78, 5) is 23.0. The molecule has 1 saturated carbocycles. The third kappa shape index (κ3) is 3.32. The molecule has 2 heterocycles. The van der Waals surface area contributed by atoms with Crippen molar-refractivity contribution in [2.45, 2.75) is 58.9 Å². The van der Waals surface area contributed by atoms with Crippen molar-refractivity contribution < 1.29 is 9.53 Å². The number of thiophene rings is 1. The van der Waals surface area contributed by atoms with Crippen molar-refractivity contribution in [3.63, 3.8) is 0 Å². The van der Waals surface area contributed by atoms with Gasteiger partial charge in [-0.05, 0) is 39.2 Å². The molecule has 0 saturated heterocycles. The highest BCUT2D eigenvalue weighted by Gasteiger charge is 2.21. The summed E-state index contributed by atoms with van der Waals surface area (Å²) in [5.74, 6) is 0.482. The van der Waals surface area contributed by atoms with Gasteiger partial charge in [-0.1, -0.05) is 19.3 Å². The van der Waals surface area contributed by atoms with Crippen LogP contribution in [0.1, 0.15) is 60.1 Å². The average Bonchev–Trinajstić information content (AvgIpc) is 2.83. The van der Waals surface area contributed by atoms with Gasteiger partial charge >= 0.3 is 5.97 Å². The second-order valence-corrected chi connectivity index (χ2v) is 7.26. The van der Waals surface area contributed by atoms with E-state index in [1.165, 1.54) is 29.7 Å². The van der Waals surface area contributed by atoms with E-state index in [2.05, 4.69) is 29.1 Å². The first-order valence-corrected chi connectivity index (χ1v) is 9.13. The topological polar surface area (TPSA) is 64.1 Å². The van der Waals surface area contributed by atoms with Gasteiger partial charge in [0.05, 0.1) is 12.0 Å². The van der Waals surface area contributed by atoms with Crippen LogP contribution in [-0.4, -0.2) is 28.6 Å². The van der Waals surface area contributed by atoms with Crippen LogP contribution in [0.25, 0.3) is 10.2 Å². The molecule has 3 rings (SSSR count). The number of fused-ring (bicyclic) bond motifs is 1. The highest BCUT2D eigenvalue weighted by atomic mass is 32.1. The highest BCUT2D eigenvalue weighted by molar-refractivity contribution is 7.18. The minimum Gasteiger partial charge on any atom is -0.460 e. The van der Waals surface area contributed by atoms with Gasteiger partial charge in [-0.25, -0.2) is 14.8 Å². The molecule has 23 heavy (non-hydrogen) atoms. The number of hydrogen-bond acceptors (Lipinski definition) is 6. The van der Waals surface area contributed by atoms with Crippen LogP contribution in [0.5, 0.6) is 0 Å². The summed E-state index contributed by atoms with van der Waals surface area (Å²) in [6.45, 7) is 6.29. The fourth-order valence-corrected chi connectivity index (χ4v) is 4.11. The quantitative estimate of drug-likeness (QED) is 0.848. The van der Waals surface area contributed by atoms with E-state index in [0.717, 1.165) is 28.9 Å². The molecular weight excluding hydrogens is 310 g/mol. The van der Waals surface area contributed by atoms with E-state index in [1.807, 2.05) is 0 Å². The molecule has 0 atom stereocenters. The number of carbonyl (C=O) groups excluding carboxylic acids is 1. The summed E-state index contributed by atoms with van der Waals surface area (Å²) in [5.41, 5.74) is 1.19. The van der Waals surface area contributed by atoms with Crippen molar-refractivity contribution >= 4 is 33.3 Å². The van der Waals surface area contributed by atoms with Gasteiger partial charge < -0.3 is 10.1 Å². The van der Waals surface area contributed by atoms with Crippen LogP contribution in [0.3, 0.4) is 0 Å². The van der Waals surface area contributed by atoms with Crippen LogP contribution in [0.15, 0.2) is 0 Å². The molecule has 0 radical (unpaired) electrons. The van der Waals surface area contributed by atoms with Crippen LogP contribution in [0.2, 0.25) is 0 Å². The summed E-state index contributed by atoms with van der Waals surface area (Å²) >= 11 is 1.61. The molecule has 1 aliphatic carbocycles. The minimum absolute atomic E-state index is 0.152. The van der Waals surface area contributed by atoms with E-state index in [4.69, 9.17) is 4.74 Å². The zero-order chi connectivity index (χ0) is 16.4. The van der Waals surface area contributed by atoms with Gasteiger partial charge in [-0.15, -0.1) is 11.3 Å². The number of hydrogen-bond donors (Lipinski definition) is 1. The first-order chi connectivity index (χ1) is 11.1. The van der Waals surface area contributed by atoms with Gasteiger partial charge in [0.1, 0.15) is 10.6 Å². The molecule has 2 aromatic heterocycles. The fourth-order valence-electron chi connectivity index (χ4n) is 3.08. The Morgan fingerprint density at radius 3 is 2.70 bits per heavy atom. The molecule has 124 valence electrons. The van der Waals surface area contributed by atoms with Crippen LogP contribution in [0, 0.1) is 13.8 Å². The number of nitrogens with zero attached hydrogens (tertiary/aromatic N) is 2. The van der Waals surface area contributed by atoms with E-state index in [0.29, 0.717) is 12.6 Å². The number of esters is 1. The van der Waals surface area contributed by atoms with E-state index in [-0.39, 0.29) is 5.82 Å². The Balaban J connectivity index is 2.02. The number of rotatable bonds is 4. The zero-order valence-electron chi connectivity index (χ0n) is 13.9. The normalized spacial score (nSPS) is 15.8. The first-order valence-electron chi connectivity index (χ1n) is 8.31. The minimum atomic E-state index is -0.454. The largest absolute Gasteiger partial charge is 0.460 e. The van der Waals surface area contributed by atoms with Crippen molar-refractivity contribution in [1.29, 1.82) is 0 Å². The third-order valence-corrected chi connectivity index (χ3v) is 5.53. The lowest BCUT2D eigenvalue weighted by Crippen LogP contribution is -2.24. The molecule has 0 amide bonds. The molecule has 2 aromatic rings. The van der Waals surface area contributed by atoms with E-state index in [1.54, 1.807) is 18.3 Å². The molecule has 0 bridgehead atoms. The second kappa shape index (κ2) is 6.83. The van der Waals surface area contributed by atoms with Crippen molar-refractivity contribution in [1.82, 2.24) is 9.97 Å². The van der Waals surface area contributed by atoms with Gasteiger partial charge in [-0.2, -0.15) is 0 Å². The lowest BCUT2D eigenvalue weighted by Gasteiger charge is -2.23. The number of aromatic nitrogens is 2. The lowest BCUT2D eigenvalue weighted by molar-refractivity contribution is 0.0512. The smallest absolute Gasteiger partial charge is 0.376 e. The Bertz CT molecular complexity index is 720. The molecule has 0 unspecified atom stereocenters. The Hall–Kier alpha value is -1.69. The molecule has 1 aliphatic rings. The zero-order valence-corrected chi connectivity index (χ0v) is 14.8. The van der Waals surface area contributed by atoms with Gasteiger partial charge in [0.25, 0.3) is 0 Å². The number of nitrogens with one attached hydrogen (secondary N) is 1. The monoisotopic (exact) mass is 333 g/mol. The van der Waals surface area contributed by atoms with Crippen LogP contribution in [-0.2, 0) is 4.74 Å². The van der Waals surface area contributed by atoms with Gasteiger partial charge in [0.15, 0.2) is 0 Å². The molecule has 6 heteroatoms. The van der Waals surface area contributed by atoms with Crippen LogP contribution >= 0.6 is 11.3 Å². The maximum absolute atomic E-state index is 12.1. The number of anilines is 1. The molecule has 0 spiro atoms. The standard InChI is InChI=1S/C17H23N3O2S/c1-4-22-17(21)15-19-14(18-12-8-6-5-7-9-12)13-10(2)11(3)23-16(13)20-15/h12H,4-9H2,1-3H3,(H,18,19,20). The van der Waals surface area contributed by atoms with Gasteiger partial charge in [0, 0.05) is 10.9 Å². The summed E-state index contributed by atoms with van der Waals surface area (Å²) in [7, 11) is 0. The molecule has 0 aliphatic heterocycles. The molecule has 1 N–H and O–H groups in total. The Kier molecular flexibility index (Phi) is 4.80. The van der Waals surface area contributed by atoms with Crippen molar-refractivity contribution in [2.24, 2.45) is 0 Å². The van der Waals surface area contributed by atoms with Crippen molar-refractivity contribution in [2.75, 3.05) is 11.9 Å². The predicted octanol–water partition coefficient (Wildman–Crippen LogP) is 4.23. The predicted molar refractivity (Wildman–Crippen MR) is 93.3 cm³/mol. The Labute approximate surface area is 140 Å². The third-order valence-electron chi connectivity index (χ3n) is 4.43. The summed E-state index contributed by atoms with van der Waals surface area (Å²) < 4.78 is 5.07. The molecule has 1 fully saturated rings. The van der Waals surface area contributed by atoms with Crippen LogP contribution < -0.4 is 5.32 Å². The molecular formula is C17H23N3O2S. The first kappa shape index (κ1) is 16.2. The van der Waals surface area contributed by atoms with E-state index < -0.39 is 5.97 Å². The maximum Gasteiger partial charge on any atom is 0.376 e. The number of ether oxygens (including phenoxy) is 1.